The molecule has 0 aliphatic heterocycles. The topological polar surface area (TPSA) is 83.6 Å². The molecule has 0 aliphatic carbocycles. The highest BCUT2D eigenvalue weighted by molar-refractivity contribution is 7.91. The summed E-state index contributed by atoms with van der Waals surface area (Å²) in [5, 5.41) is 2.59. The third kappa shape index (κ3) is 7.00. The number of aryl methyl sites for hydroxylation is 1. The van der Waals surface area contributed by atoms with Crippen LogP contribution in [0.4, 0.5) is 5.69 Å². The quantitative estimate of drug-likeness (QED) is 0.591. The average Bonchev–Trinajstić information content (AvgIpc) is 2.68. The second kappa shape index (κ2) is 10.5. The fourth-order valence-corrected chi connectivity index (χ4v) is 4.13. The van der Waals surface area contributed by atoms with Gasteiger partial charge in [-0.3, -0.25) is 9.59 Å². The van der Waals surface area contributed by atoms with E-state index in [4.69, 9.17) is 0 Å². The number of anilines is 1. The molecule has 0 unspecified atom stereocenters. The summed E-state index contributed by atoms with van der Waals surface area (Å²) in [5.41, 5.74) is 2.39. The van der Waals surface area contributed by atoms with Crippen molar-refractivity contribution in [2.45, 2.75) is 12.7 Å². The van der Waals surface area contributed by atoms with Crippen LogP contribution in [0.15, 0.2) is 73.8 Å². The van der Waals surface area contributed by atoms with Crippen LogP contribution in [0.25, 0.3) is 0 Å². The van der Waals surface area contributed by atoms with E-state index in [1.54, 1.807) is 47.4 Å². The Morgan fingerprint density at radius 2 is 1.67 bits per heavy atom. The van der Waals surface area contributed by atoms with Crippen molar-refractivity contribution in [1.29, 1.82) is 0 Å². The highest BCUT2D eigenvalue weighted by Gasteiger charge is 2.19. The van der Waals surface area contributed by atoms with Gasteiger partial charge in [0.05, 0.1) is 5.75 Å². The van der Waals surface area contributed by atoms with Crippen LogP contribution in [-0.2, 0) is 20.4 Å². The first-order valence-corrected chi connectivity index (χ1v) is 11.2. The predicted octanol–water partition coefficient (Wildman–Crippen LogP) is 3.36. The van der Waals surface area contributed by atoms with Gasteiger partial charge in [0.1, 0.15) is 5.75 Å². The monoisotopic (exact) mass is 426 g/mol. The van der Waals surface area contributed by atoms with Crippen LogP contribution in [0.2, 0.25) is 0 Å². The maximum Gasteiger partial charge on any atom is 0.254 e. The number of nitrogens with zero attached hydrogens (tertiary/aromatic N) is 1. The molecule has 0 radical (unpaired) electrons. The molecule has 2 amide bonds. The van der Waals surface area contributed by atoms with Crippen molar-refractivity contribution in [3.05, 3.63) is 90.5 Å². The highest BCUT2D eigenvalue weighted by atomic mass is 32.2. The van der Waals surface area contributed by atoms with Crippen LogP contribution in [-0.4, -0.2) is 44.0 Å². The molecule has 0 bridgehead atoms. The second-order valence-corrected chi connectivity index (χ2v) is 9.00. The van der Waals surface area contributed by atoms with Crippen LogP contribution < -0.4 is 5.32 Å². The summed E-state index contributed by atoms with van der Waals surface area (Å²) in [6.45, 7) is 9.91. The van der Waals surface area contributed by atoms with Gasteiger partial charge >= 0.3 is 0 Å². The number of rotatable bonds is 10. The van der Waals surface area contributed by atoms with Gasteiger partial charge < -0.3 is 10.2 Å². The molecule has 6 nitrogen and oxygen atoms in total. The molecular formula is C23H26N2O4S. The SMILES string of the molecule is C=CCN(CC=C)C(=O)c1cccc(CS(=O)(=O)CC(=O)Nc2ccc(C)cc2)c1. The number of carbonyl (C=O) groups excluding carboxylic acids is 2. The zero-order valence-corrected chi connectivity index (χ0v) is 17.8. The van der Waals surface area contributed by atoms with Gasteiger partial charge in [0, 0.05) is 24.3 Å². The van der Waals surface area contributed by atoms with Crippen LogP contribution in [0.5, 0.6) is 0 Å². The van der Waals surface area contributed by atoms with E-state index in [0.717, 1.165) is 5.56 Å². The molecule has 7 heteroatoms. The highest BCUT2D eigenvalue weighted by Crippen LogP contribution is 2.14. The number of nitrogens with one attached hydrogen (secondary N) is 1. The Morgan fingerprint density at radius 3 is 2.27 bits per heavy atom. The van der Waals surface area contributed by atoms with Crippen LogP contribution in [0, 0.1) is 6.92 Å². The van der Waals surface area contributed by atoms with Gasteiger partial charge in [-0.15, -0.1) is 13.2 Å². The molecule has 0 aliphatic rings. The van der Waals surface area contributed by atoms with Gasteiger partial charge in [-0.25, -0.2) is 8.42 Å². The third-order valence-electron chi connectivity index (χ3n) is 4.23. The zero-order valence-electron chi connectivity index (χ0n) is 17.0. The van der Waals surface area contributed by atoms with E-state index in [-0.39, 0.29) is 11.7 Å². The first-order chi connectivity index (χ1) is 14.2. The van der Waals surface area contributed by atoms with Crippen molar-refractivity contribution in [1.82, 2.24) is 4.90 Å². The van der Waals surface area contributed by atoms with Crippen molar-refractivity contribution in [2.75, 3.05) is 24.2 Å². The van der Waals surface area contributed by atoms with Gasteiger partial charge in [-0.1, -0.05) is 42.0 Å². The molecule has 0 saturated carbocycles. The van der Waals surface area contributed by atoms with Crippen molar-refractivity contribution < 1.29 is 18.0 Å². The summed E-state index contributed by atoms with van der Waals surface area (Å²) in [6.07, 6.45) is 3.23. The molecule has 2 aromatic rings. The Bertz CT molecular complexity index is 1020. The molecule has 158 valence electrons. The molecule has 0 atom stereocenters. The average molecular weight is 427 g/mol. The summed E-state index contributed by atoms with van der Waals surface area (Å²) >= 11 is 0. The van der Waals surface area contributed by atoms with E-state index in [9.17, 15) is 18.0 Å². The lowest BCUT2D eigenvalue weighted by molar-refractivity contribution is -0.113. The molecule has 1 N–H and O–H groups in total. The minimum absolute atomic E-state index is 0.244. The van der Waals surface area contributed by atoms with E-state index in [1.165, 1.54) is 6.07 Å². The Morgan fingerprint density at radius 1 is 1.03 bits per heavy atom. The number of hydrogen-bond acceptors (Lipinski definition) is 4. The second-order valence-electron chi connectivity index (χ2n) is 6.93. The number of benzene rings is 2. The summed E-state index contributed by atoms with van der Waals surface area (Å²) in [6, 6.07) is 13.5. The summed E-state index contributed by atoms with van der Waals surface area (Å²) in [4.78, 5) is 26.4. The zero-order chi connectivity index (χ0) is 22.1. The number of hydrogen-bond donors (Lipinski definition) is 1. The molecular weight excluding hydrogens is 400 g/mol. The van der Waals surface area contributed by atoms with Crippen molar-refractivity contribution in [2.24, 2.45) is 0 Å². The standard InChI is InChI=1S/C23H26N2O4S/c1-4-13-25(14-5-2)23(27)20-8-6-7-19(15-20)16-30(28,29)17-22(26)24-21-11-9-18(3)10-12-21/h4-12,15H,1-2,13-14,16-17H2,3H3,(H,24,26). The lowest BCUT2D eigenvalue weighted by Crippen LogP contribution is -2.31. The maximum atomic E-state index is 12.7. The number of amides is 2. The van der Waals surface area contributed by atoms with Crippen LogP contribution in [0.1, 0.15) is 21.5 Å². The number of sulfone groups is 1. The normalized spacial score (nSPS) is 10.8. The van der Waals surface area contributed by atoms with Gasteiger partial charge in [0.15, 0.2) is 9.84 Å². The maximum absolute atomic E-state index is 12.7. The Hall–Kier alpha value is -3.19. The molecule has 0 saturated heterocycles. The first kappa shape index (κ1) is 23.1. The summed E-state index contributed by atoms with van der Waals surface area (Å²) < 4.78 is 25.0. The molecule has 2 rings (SSSR count). The minimum Gasteiger partial charge on any atom is -0.331 e. The summed E-state index contributed by atoms with van der Waals surface area (Å²) in [7, 11) is -3.71. The van der Waals surface area contributed by atoms with Crippen LogP contribution >= 0.6 is 0 Å². The van der Waals surface area contributed by atoms with E-state index < -0.39 is 21.5 Å². The third-order valence-corrected chi connectivity index (χ3v) is 5.71. The first-order valence-electron chi connectivity index (χ1n) is 9.41. The summed E-state index contributed by atoms with van der Waals surface area (Å²) in [5.74, 6) is -1.82. The fourth-order valence-electron chi connectivity index (χ4n) is 2.87. The van der Waals surface area contributed by atoms with Crippen molar-refractivity contribution in [3.63, 3.8) is 0 Å². The minimum atomic E-state index is -3.71. The Kier molecular flexibility index (Phi) is 8.12. The molecule has 30 heavy (non-hydrogen) atoms. The van der Waals surface area contributed by atoms with Crippen molar-refractivity contribution >= 4 is 27.3 Å². The van der Waals surface area contributed by atoms with E-state index >= 15 is 0 Å². The van der Waals surface area contributed by atoms with Gasteiger partial charge in [-0.2, -0.15) is 0 Å². The van der Waals surface area contributed by atoms with E-state index in [0.29, 0.717) is 29.9 Å². The largest absolute Gasteiger partial charge is 0.331 e. The Labute approximate surface area is 177 Å². The fraction of sp³-hybridized carbons (Fsp3) is 0.217. The Balaban J connectivity index is 2.07. The lowest BCUT2D eigenvalue weighted by atomic mass is 10.1. The molecule has 0 aromatic heterocycles. The molecule has 0 heterocycles. The predicted molar refractivity (Wildman–Crippen MR) is 120 cm³/mol. The van der Waals surface area contributed by atoms with Crippen LogP contribution in [0.3, 0.4) is 0 Å². The molecule has 0 fully saturated rings. The van der Waals surface area contributed by atoms with Crippen molar-refractivity contribution in [3.8, 4) is 0 Å². The van der Waals surface area contributed by atoms with E-state index in [2.05, 4.69) is 18.5 Å². The smallest absolute Gasteiger partial charge is 0.254 e. The molecule has 2 aromatic carbocycles. The lowest BCUT2D eigenvalue weighted by Gasteiger charge is -2.19. The van der Waals surface area contributed by atoms with E-state index in [1.807, 2.05) is 19.1 Å². The van der Waals surface area contributed by atoms with Gasteiger partial charge in [-0.05, 0) is 36.8 Å². The van der Waals surface area contributed by atoms with Gasteiger partial charge in [0.2, 0.25) is 5.91 Å². The van der Waals surface area contributed by atoms with Gasteiger partial charge in [0.25, 0.3) is 5.91 Å². The molecule has 0 spiro atoms. The number of carbonyl (C=O) groups is 2.